The van der Waals surface area contributed by atoms with Crippen LogP contribution in [0, 0.1) is 11.3 Å². The van der Waals surface area contributed by atoms with E-state index in [-0.39, 0.29) is 11.7 Å². The van der Waals surface area contributed by atoms with Gasteiger partial charge in [-0.2, -0.15) is 5.26 Å². The molecular weight excluding hydrogens is 362 g/mol. The molecule has 6 nitrogen and oxygen atoms in total. The molecule has 2 aromatic rings. The summed E-state index contributed by atoms with van der Waals surface area (Å²) in [6.07, 6.45) is 4.07. The van der Waals surface area contributed by atoms with Crippen LogP contribution in [-0.4, -0.2) is 26.6 Å². The highest BCUT2D eigenvalue weighted by Crippen LogP contribution is 2.24. The van der Waals surface area contributed by atoms with E-state index in [0.29, 0.717) is 30.8 Å². The SMILES string of the molecule is N#CCc1ccc(NC(=O)/C=C/c2ccc(N3CCCS3(=O)=O)cc2)cc1. The number of anilines is 2. The van der Waals surface area contributed by atoms with E-state index in [2.05, 4.69) is 11.4 Å². The molecule has 1 heterocycles. The van der Waals surface area contributed by atoms with Crippen LogP contribution in [0.3, 0.4) is 0 Å². The first-order valence-corrected chi connectivity index (χ1v) is 10.1. The molecule has 0 unspecified atom stereocenters. The zero-order valence-corrected chi connectivity index (χ0v) is 15.4. The molecular formula is C20H19N3O3S. The molecule has 0 aliphatic carbocycles. The van der Waals surface area contributed by atoms with Crippen LogP contribution >= 0.6 is 0 Å². The number of amides is 1. The molecule has 0 spiro atoms. The Labute approximate surface area is 158 Å². The topological polar surface area (TPSA) is 90.3 Å². The van der Waals surface area contributed by atoms with Gasteiger partial charge in [-0.1, -0.05) is 24.3 Å². The van der Waals surface area contributed by atoms with Gasteiger partial charge in [-0.15, -0.1) is 0 Å². The summed E-state index contributed by atoms with van der Waals surface area (Å²) < 4.78 is 25.3. The minimum Gasteiger partial charge on any atom is -0.323 e. The Kier molecular flexibility index (Phi) is 5.57. The molecule has 1 aliphatic rings. The van der Waals surface area contributed by atoms with Crippen LogP contribution in [0.2, 0.25) is 0 Å². The second-order valence-corrected chi connectivity index (χ2v) is 8.20. The summed E-state index contributed by atoms with van der Waals surface area (Å²) >= 11 is 0. The summed E-state index contributed by atoms with van der Waals surface area (Å²) in [5.41, 5.74) is 2.99. The minimum absolute atomic E-state index is 0.187. The van der Waals surface area contributed by atoms with E-state index in [4.69, 9.17) is 5.26 Å². The van der Waals surface area contributed by atoms with E-state index in [9.17, 15) is 13.2 Å². The van der Waals surface area contributed by atoms with E-state index in [1.807, 2.05) is 0 Å². The van der Waals surface area contributed by atoms with Crippen LogP contribution in [0.5, 0.6) is 0 Å². The highest BCUT2D eigenvalue weighted by Gasteiger charge is 2.28. The first kappa shape index (κ1) is 18.7. The molecule has 0 atom stereocenters. The van der Waals surface area contributed by atoms with Crippen LogP contribution in [0.25, 0.3) is 6.08 Å². The first-order valence-electron chi connectivity index (χ1n) is 8.53. The molecule has 0 radical (unpaired) electrons. The molecule has 3 rings (SSSR count). The van der Waals surface area contributed by atoms with Crippen LogP contribution in [0.4, 0.5) is 11.4 Å². The molecule has 7 heteroatoms. The predicted octanol–water partition coefficient (Wildman–Crippen LogP) is 2.94. The zero-order valence-electron chi connectivity index (χ0n) is 14.6. The van der Waals surface area contributed by atoms with Crippen molar-refractivity contribution in [2.24, 2.45) is 0 Å². The molecule has 27 heavy (non-hydrogen) atoms. The number of nitrogens with one attached hydrogen (secondary N) is 1. The van der Waals surface area contributed by atoms with Crippen molar-refractivity contribution in [1.82, 2.24) is 0 Å². The van der Waals surface area contributed by atoms with Gasteiger partial charge < -0.3 is 5.32 Å². The number of benzene rings is 2. The van der Waals surface area contributed by atoms with E-state index in [1.54, 1.807) is 54.6 Å². The molecule has 1 N–H and O–H groups in total. The van der Waals surface area contributed by atoms with Crippen molar-refractivity contribution < 1.29 is 13.2 Å². The number of rotatable bonds is 5. The number of carbonyl (C=O) groups is 1. The molecule has 0 aromatic heterocycles. The maximum atomic E-state index is 12.0. The molecule has 0 saturated carbocycles. The van der Waals surface area contributed by atoms with E-state index in [0.717, 1.165) is 11.1 Å². The highest BCUT2D eigenvalue weighted by atomic mass is 32.2. The van der Waals surface area contributed by atoms with Crippen molar-refractivity contribution in [2.75, 3.05) is 21.9 Å². The Morgan fingerprint density at radius 3 is 2.44 bits per heavy atom. The quantitative estimate of drug-likeness (QED) is 0.806. The summed E-state index contributed by atoms with van der Waals surface area (Å²) in [5, 5.41) is 11.4. The second-order valence-electron chi connectivity index (χ2n) is 6.19. The van der Waals surface area contributed by atoms with Crippen molar-refractivity contribution >= 4 is 33.4 Å². The Hall–Kier alpha value is -3.11. The number of hydrogen-bond acceptors (Lipinski definition) is 4. The van der Waals surface area contributed by atoms with E-state index >= 15 is 0 Å². The highest BCUT2D eigenvalue weighted by molar-refractivity contribution is 7.93. The third-order valence-electron chi connectivity index (χ3n) is 4.21. The fourth-order valence-electron chi connectivity index (χ4n) is 2.83. The largest absolute Gasteiger partial charge is 0.323 e. The average Bonchev–Trinajstić information content (AvgIpc) is 3.01. The third-order valence-corrected chi connectivity index (χ3v) is 6.08. The van der Waals surface area contributed by atoms with Crippen LogP contribution in [0.1, 0.15) is 17.5 Å². The number of nitrogens with zero attached hydrogens (tertiary/aromatic N) is 2. The van der Waals surface area contributed by atoms with Crippen LogP contribution in [-0.2, 0) is 21.2 Å². The summed E-state index contributed by atoms with van der Waals surface area (Å²) in [7, 11) is -3.19. The molecule has 1 amide bonds. The van der Waals surface area contributed by atoms with Crippen molar-refractivity contribution in [3.63, 3.8) is 0 Å². The van der Waals surface area contributed by atoms with Crippen molar-refractivity contribution in [3.8, 4) is 6.07 Å². The molecule has 1 saturated heterocycles. The molecule has 0 bridgehead atoms. The summed E-state index contributed by atoms with van der Waals surface area (Å²) in [4.78, 5) is 12.0. The number of sulfonamides is 1. The van der Waals surface area contributed by atoms with Crippen molar-refractivity contribution in [3.05, 3.63) is 65.7 Å². The van der Waals surface area contributed by atoms with Gasteiger partial charge in [0.05, 0.1) is 23.9 Å². The molecule has 1 aliphatic heterocycles. The van der Waals surface area contributed by atoms with Gasteiger partial charge in [0.1, 0.15) is 0 Å². The monoisotopic (exact) mass is 381 g/mol. The lowest BCUT2D eigenvalue weighted by molar-refractivity contribution is -0.111. The predicted molar refractivity (Wildman–Crippen MR) is 106 cm³/mol. The first-order chi connectivity index (χ1) is 13.0. The maximum Gasteiger partial charge on any atom is 0.248 e. The molecule has 1 fully saturated rings. The van der Waals surface area contributed by atoms with Gasteiger partial charge in [-0.3, -0.25) is 9.10 Å². The Bertz CT molecular complexity index is 988. The van der Waals surface area contributed by atoms with Gasteiger partial charge in [0.2, 0.25) is 15.9 Å². The Balaban J connectivity index is 1.60. The van der Waals surface area contributed by atoms with Crippen LogP contribution in [0.15, 0.2) is 54.6 Å². The molecule has 2 aromatic carbocycles. The lowest BCUT2D eigenvalue weighted by Crippen LogP contribution is -2.24. The van der Waals surface area contributed by atoms with Gasteiger partial charge in [-0.25, -0.2) is 8.42 Å². The third kappa shape index (κ3) is 4.74. The van der Waals surface area contributed by atoms with Gasteiger partial charge in [0.25, 0.3) is 0 Å². The Morgan fingerprint density at radius 1 is 1.15 bits per heavy atom. The van der Waals surface area contributed by atoms with Crippen LogP contribution < -0.4 is 9.62 Å². The fourth-order valence-corrected chi connectivity index (χ4v) is 4.40. The lowest BCUT2D eigenvalue weighted by atomic mass is 10.1. The number of nitriles is 1. The Morgan fingerprint density at radius 2 is 1.85 bits per heavy atom. The van der Waals surface area contributed by atoms with E-state index in [1.165, 1.54) is 10.4 Å². The summed E-state index contributed by atoms with van der Waals surface area (Å²) in [6.45, 7) is 0.507. The molecule has 138 valence electrons. The van der Waals surface area contributed by atoms with Gasteiger partial charge in [0, 0.05) is 18.3 Å². The summed E-state index contributed by atoms with van der Waals surface area (Å²) in [6, 6.07) is 16.2. The second kappa shape index (κ2) is 8.06. The minimum atomic E-state index is -3.19. The standard InChI is InChI=1S/C20H19N3O3S/c21-13-12-17-2-7-18(8-3-17)22-20(24)11-6-16-4-9-19(10-5-16)23-14-1-15-27(23,25)26/h2-11H,1,12,14-15H2,(H,22,24)/b11-6+. The lowest BCUT2D eigenvalue weighted by Gasteiger charge is -2.16. The van der Waals surface area contributed by atoms with Crippen molar-refractivity contribution in [2.45, 2.75) is 12.8 Å². The smallest absolute Gasteiger partial charge is 0.248 e. The van der Waals surface area contributed by atoms with E-state index < -0.39 is 10.0 Å². The normalized spacial score (nSPS) is 15.6. The number of hydrogen-bond donors (Lipinski definition) is 1. The van der Waals surface area contributed by atoms with Gasteiger partial charge in [0.15, 0.2) is 0 Å². The van der Waals surface area contributed by atoms with Gasteiger partial charge >= 0.3 is 0 Å². The van der Waals surface area contributed by atoms with Crippen molar-refractivity contribution in [1.29, 1.82) is 5.26 Å². The average molecular weight is 381 g/mol. The zero-order chi connectivity index (χ0) is 19.3. The fraction of sp³-hybridized carbons (Fsp3) is 0.200. The number of carbonyl (C=O) groups excluding carboxylic acids is 1. The summed E-state index contributed by atoms with van der Waals surface area (Å²) in [5.74, 6) is -0.0824. The maximum absolute atomic E-state index is 12.0. The van der Waals surface area contributed by atoms with Gasteiger partial charge in [-0.05, 0) is 47.9 Å².